The van der Waals surface area contributed by atoms with Gasteiger partial charge in [-0.15, -0.1) is 0 Å². The standard InChI is InChI=1S/C10H14N2O2S/c13-10(12-9-1-3-14-6-9)11-5-8-2-4-15-7-8/h2,4,7,9H,1,3,5-6H2,(H2,11,12,13). The molecule has 0 spiro atoms. The second-order valence-corrected chi connectivity index (χ2v) is 4.30. The van der Waals surface area contributed by atoms with E-state index in [2.05, 4.69) is 10.6 Å². The van der Waals surface area contributed by atoms with Crippen molar-refractivity contribution in [3.63, 3.8) is 0 Å². The minimum absolute atomic E-state index is 0.114. The summed E-state index contributed by atoms with van der Waals surface area (Å²) in [6.07, 6.45) is 0.909. The van der Waals surface area contributed by atoms with Crippen molar-refractivity contribution in [2.45, 2.75) is 19.0 Å². The zero-order chi connectivity index (χ0) is 10.5. The molecule has 1 fully saturated rings. The Hall–Kier alpha value is -1.07. The van der Waals surface area contributed by atoms with Gasteiger partial charge in [0.15, 0.2) is 0 Å². The fourth-order valence-electron chi connectivity index (χ4n) is 1.46. The van der Waals surface area contributed by atoms with Crippen LogP contribution in [0.15, 0.2) is 16.8 Å². The average molecular weight is 226 g/mol. The lowest BCUT2D eigenvalue weighted by molar-refractivity contribution is 0.188. The van der Waals surface area contributed by atoms with Gasteiger partial charge in [-0.3, -0.25) is 0 Å². The minimum Gasteiger partial charge on any atom is -0.379 e. The van der Waals surface area contributed by atoms with E-state index < -0.39 is 0 Å². The third-order valence-corrected chi connectivity index (χ3v) is 3.03. The Morgan fingerprint density at radius 3 is 3.27 bits per heavy atom. The van der Waals surface area contributed by atoms with Gasteiger partial charge in [0.1, 0.15) is 0 Å². The van der Waals surface area contributed by atoms with E-state index >= 15 is 0 Å². The summed E-state index contributed by atoms with van der Waals surface area (Å²) in [5.41, 5.74) is 1.14. The summed E-state index contributed by atoms with van der Waals surface area (Å²) < 4.78 is 5.17. The van der Waals surface area contributed by atoms with E-state index in [9.17, 15) is 4.79 Å². The number of hydrogen-bond acceptors (Lipinski definition) is 3. The Kier molecular flexibility index (Phi) is 3.58. The molecule has 0 saturated carbocycles. The second kappa shape index (κ2) is 5.14. The predicted molar refractivity (Wildman–Crippen MR) is 58.9 cm³/mol. The smallest absolute Gasteiger partial charge is 0.315 e. The van der Waals surface area contributed by atoms with Crippen LogP contribution < -0.4 is 10.6 Å². The van der Waals surface area contributed by atoms with Crippen LogP contribution in [0.3, 0.4) is 0 Å². The third-order valence-electron chi connectivity index (χ3n) is 2.30. The number of carbonyl (C=O) groups is 1. The van der Waals surface area contributed by atoms with Crippen LogP contribution in [0, 0.1) is 0 Å². The number of thiophene rings is 1. The lowest BCUT2D eigenvalue weighted by atomic mass is 10.3. The van der Waals surface area contributed by atoms with E-state index in [-0.39, 0.29) is 12.1 Å². The summed E-state index contributed by atoms with van der Waals surface area (Å²) in [7, 11) is 0. The zero-order valence-corrected chi connectivity index (χ0v) is 9.18. The maximum absolute atomic E-state index is 11.4. The quantitative estimate of drug-likeness (QED) is 0.817. The number of nitrogens with one attached hydrogen (secondary N) is 2. The third kappa shape index (κ3) is 3.21. The van der Waals surface area contributed by atoms with Crippen molar-refractivity contribution in [1.29, 1.82) is 0 Å². The second-order valence-electron chi connectivity index (χ2n) is 3.52. The van der Waals surface area contributed by atoms with E-state index in [1.165, 1.54) is 0 Å². The molecule has 0 aliphatic carbocycles. The number of ether oxygens (including phenoxy) is 1. The van der Waals surface area contributed by atoms with Crippen molar-refractivity contribution < 1.29 is 9.53 Å². The first-order valence-electron chi connectivity index (χ1n) is 4.98. The van der Waals surface area contributed by atoms with Crippen LogP contribution in [0.25, 0.3) is 0 Å². The minimum atomic E-state index is -0.114. The number of hydrogen-bond donors (Lipinski definition) is 2. The molecule has 1 aliphatic rings. The molecule has 2 heterocycles. The summed E-state index contributed by atoms with van der Waals surface area (Å²) in [6, 6.07) is 2.06. The Balaban J connectivity index is 1.68. The molecular weight excluding hydrogens is 212 g/mol. The number of rotatable bonds is 3. The SMILES string of the molecule is O=C(NCc1ccsc1)NC1CCOC1. The Labute approximate surface area is 92.6 Å². The van der Waals surface area contributed by atoms with Gasteiger partial charge in [-0.1, -0.05) is 0 Å². The highest BCUT2D eigenvalue weighted by atomic mass is 32.1. The van der Waals surface area contributed by atoms with Crippen molar-refractivity contribution in [2.24, 2.45) is 0 Å². The van der Waals surface area contributed by atoms with Crippen molar-refractivity contribution in [1.82, 2.24) is 10.6 Å². The van der Waals surface area contributed by atoms with Crippen LogP contribution in [0.4, 0.5) is 4.79 Å². The van der Waals surface area contributed by atoms with E-state index in [1.807, 2.05) is 16.8 Å². The lowest BCUT2D eigenvalue weighted by Gasteiger charge is -2.11. The topological polar surface area (TPSA) is 50.4 Å². The molecule has 1 aromatic heterocycles. The highest BCUT2D eigenvalue weighted by Crippen LogP contribution is 2.05. The van der Waals surface area contributed by atoms with Crippen molar-refractivity contribution in [3.05, 3.63) is 22.4 Å². The predicted octanol–water partition coefficient (Wildman–Crippen LogP) is 1.34. The Morgan fingerprint density at radius 1 is 1.67 bits per heavy atom. The number of amides is 2. The maximum Gasteiger partial charge on any atom is 0.315 e. The molecule has 1 unspecified atom stereocenters. The summed E-state index contributed by atoms with van der Waals surface area (Å²) >= 11 is 1.63. The summed E-state index contributed by atoms with van der Waals surface area (Å²) in [6.45, 7) is 1.96. The molecule has 4 nitrogen and oxygen atoms in total. The molecule has 5 heteroatoms. The van der Waals surface area contributed by atoms with Crippen LogP contribution >= 0.6 is 11.3 Å². The molecule has 2 rings (SSSR count). The highest BCUT2D eigenvalue weighted by molar-refractivity contribution is 7.07. The van der Waals surface area contributed by atoms with Gasteiger partial charge >= 0.3 is 6.03 Å². The van der Waals surface area contributed by atoms with Gasteiger partial charge in [-0.05, 0) is 28.8 Å². The van der Waals surface area contributed by atoms with Gasteiger partial charge in [-0.25, -0.2) is 4.79 Å². The summed E-state index contributed by atoms with van der Waals surface area (Å²) in [4.78, 5) is 11.4. The van der Waals surface area contributed by atoms with E-state index in [4.69, 9.17) is 4.74 Å². The molecule has 2 amide bonds. The van der Waals surface area contributed by atoms with Gasteiger partial charge in [-0.2, -0.15) is 11.3 Å². The summed E-state index contributed by atoms with van der Waals surface area (Å²) in [5.74, 6) is 0. The Bertz CT molecular complexity index is 307. The molecule has 82 valence electrons. The molecule has 0 bridgehead atoms. The van der Waals surface area contributed by atoms with Crippen LogP contribution in [-0.2, 0) is 11.3 Å². The van der Waals surface area contributed by atoms with Crippen molar-refractivity contribution in [2.75, 3.05) is 13.2 Å². The van der Waals surface area contributed by atoms with E-state index in [0.29, 0.717) is 13.2 Å². The molecule has 1 aromatic rings. The zero-order valence-electron chi connectivity index (χ0n) is 8.36. The largest absolute Gasteiger partial charge is 0.379 e. The molecule has 2 N–H and O–H groups in total. The molecule has 1 aliphatic heterocycles. The first-order valence-corrected chi connectivity index (χ1v) is 5.92. The molecule has 15 heavy (non-hydrogen) atoms. The fraction of sp³-hybridized carbons (Fsp3) is 0.500. The van der Waals surface area contributed by atoms with Crippen molar-refractivity contribution >= 4 is 17.4 Å². The fourth-order valence-corrected chi connectivity index (χ4v) is 2.13. The van der Waals surface area contributed by atoms with Crippen LogP contribution in [0.1, 0.15) is 12.0 Å². The van der Waals surface area contributed by atoms with Crippen molar-refractivity contribution in [3.8, 4) is 0 Å². The molecule has 0 radical (unpaired) electrons. The molecule has 1 atom stereocenters. The van der Waals surface area contributed by atoms with Gasteiger partial charge in [0.05, 0.1) is 12.6 Å². The lowest BCUT2D eigenvalue weighted by Crippen LogP contribution is -2.41. The van der Waals surface area contributed by atoms with E-state index in [0.717, 1.165) is 18.6 Å². The van der Waals surface area contributed by atoms with E-state index in [1.54, 1.807) is 11.3 Å². The van der Waals surface area contributed by atoms with Crippen LogP contribution in [0.5, 0.6) is 0 Å². The van der Waals surface area contributed by atoms with Crippen LogP contribution in [-0.4, -0.2) is 25.3 Å². The maximum atomic E-state index is 11.4. The Morgan fingerprint density at radius 2 is 2.60 bits per heavy atom. The first-order chi connectivity index (χ1) is 7.34. The van der Waals surface area contributed by atoms with Gasteiger partial charge in [0.2, 0.25) is 0 Å². The molecule has 1 saturated heterocycles. The average Bonchev–Trinajstić information content (AvgIpc) is 2.86. The monoisotopic (exact) mass is 226 g/mol. The first kappa shape index (κ1) is 10.4. The van der Waals surface area contributed by atoms with Gasteiger partial charge in [0.25, 0.3) is 0 Å². The highest BCUT2D eigenvalue weighted by Gasteiger charge is 2.17. The molecule has 0 aromatic carbocycles. The van der Waals surface area contributed by atoms with Gasteiger partial charge in [0, 0.05) is 13.2 Å². The number of carbonyl (C=O) groups excluding carboxylic acids is 1. The molecular formula is C10H14N2O2S. The normalized spacial score (nSPS) is 20.1. The van der Waals surface area contributed by atoms with Gasteiger partial charge < -0.3 is 15.4 Å². The van der Waals surface area contributed by atoms with Crippen LogP contribution in [0.2, 0.25) is 0 Å². The number of urea groups is 1. The summed E-state index contributed by atoms with van der Waals surface area (Å²) in [5, 5.41) is 9.71.